The molecule has 132 valence electrons. The number of nitrogens with one attached hydrogen (secondary N) is 1. The number of hydrogen-bond acceptors (Lipinski definition) is 6. The van der Waals surface area contributed by atoms with Crippen LogP contribution in [-0.2, 0) is 9.53 Å². The second kappa shape index (κ2) is 8.25. The summed E-state index contributed by atoms with van der Waals surface area (Å²) < 4.78 is 10.1. The molecule has 2 N–H and O–H groups in total. The standard InChI is InChI=1S/C15H20N2O7/c1-4-24-12-6-5-10(7-11(12)17(21)22)14(20)16-15(2,9-23-3)8-13(18)19/h5-7H,4,8-9H2,1-3H3,(H,16,20)(H,18,19). The van der Waals surface area contributed by atoms with Crippen LogP contribution in [0.1, 0.15) is 30.6 Å². The van der Waals surface area contributed by atoms with Gasteiger partial charge in [0.2, 0.25) is 0 Å². The van der Waals surface area contributed by atoms with E-state index in [1.807, 2.05) is 0 Å². The van der Waals surface area contributed by atoms with Crippen molar-refractivity contribution >= 4 is 17.6 Å². The summed E-state index contributed by atoms with van der Waals surface area (Å²) >= 11 is 0. The minimum absolute atomic E-state index is 0.0236. The van der Waals surface area contributed by atoms with Crippen molar-refractivity contribution in [1.82, 2.24) is 5.32 Å². The molecule has 0 saturated carbocycles. The average Bonchev–Trinajstić information content (AvgIpc) is 2.46. The van der Waals surface area contributed by atoms with Crippen molar-refractivity contribution in [3.8, 4) is 5.75 Å². The molecule has 0 aliphatic carbocycles. The van der Waals surface area contributed by atoms with Crippen LogP contribution in [0.15, 0.2) is 18.2 Å². The highest BCUT2D eigenvalue weighted by Crippen LogP contribution is 2.28. The number of carbonyl (C=O) groups is 2. The first-order chi connectivity index (χ1) is 11.2. The smallest absolute Gasteiger partial charge is 0.311 e. The fourth-order valence-electron chi connectivity index (χ4n) is 2.21. The van der Waals surface area contributed by atoms with E-state index in [1.165, 1.54) is 26.2 Å². The molecule has 0 saturated heterocycles. The second-order valence-electron chi connectivity index (χ2n) is 5.39. The number of carboxylic acid groups (broad SMARTS) is 1. The highest BCUT2D eigenvalue weighted by molar-refractivity contribution is 5.96. The number of nitro groups is 1. The number of methoxy groups -OCH3 is 1. The van der Waals surface area contributed by atoms with Gasteiger partial charge in [0, 0.05) is 18.7 Å². The van der Waals surface area contributed by atoms with E-state index in [-0.39, 0.29) is 36.6 Å². The largest absolute Gasteiger partial charge is 0.487 e. The van der Waals surface area contributed by atoms with E-state index >= 15 is 0 Å². The molecule has 9 heteroatoms. The fourth-order valence-corrected chi connectivity index (χ4v) is 2.21. The van der Waals surface area contributed by atoms with Gasteiger partial charge in [-0.1, -0.05) is 0 Å². The zero-order valence-corrected chi connectivity index (χ0v) is 13.7. The molecule has 0 aliphatic heterocycles. The Morgan fingerprint density at radius 3 is 2.58 bits per heavy atom. The quantitative estimate of drug-likeness (QED) is 0.516. The maximum atomic E-state index is 12.3. The Bertz CT molecular complexity index is 632. The fraction of sp³-hybridized carbons (Fsp3) is 0.467. The lowest BCUT2D eigenvalue weighted by Gasteiger charge is -2.28. The Morgan fingerprint density at radius 1 is 1.42 bits per heavy atom. The highest BCUT2D eigenvalue weighted by atomic mass is 16.6. The lowest BCUT2D eigenvalue weighted by molar-refractivity contribution is -0.385. The van der Waals surface area contributed by atoms with Crippen LogP contribution in [-0.4, -0.2) is 47.8 Å². The first kappa shape index (κ1) is 19.4. The third-order valence-electron chi connectivity index (χ3n) is 3.14. The maximum Gasteiger partial charge on any atom is 0.311 e. The minimum atomic E-state index is -1.15. The Morgan fingerprint density at radius 2 is 2.08 bits per heavy atom. The van der Waals surface area contributed by atoms with E-state index in [9.17, 15) is 19.7 Å². The van der Waals surface area contributed by atoms with Gasteiger partial charge in [-0.05, 0) is 26.0 Å². The molecule has 0 spiro atoms. The van der Waals surface area contributed by atoms with Crippen molar-refractivity contribution in [2.75, 3.05) is 20.3 Å². The average molecular weight is 340 g/mol. The molecule has 1 rings (SSSR count). The third kappa shape index (κ3) is 5.20. The van der Waals surface area contributed by atoms with E-state index < -0.39 is 22.3 Å². The molecule has 0 bridgehead atoms. The van der Waals surface area contributed by atoms with Crippen molar-refractivity contribution in [1.29, 1.82) is 0 Å². The van der Waals surface area contributed by atoms with Crippen LogP contribution >= 0.6 is 0 Å². The normalized spacial score (nSPS) is 13.0. The second-order valence-corrected chi connectivity index (χ2v) is 5.39. The van der Waals surface area contributed by atoms with Crippen LogP contribution < -0.4 is 10.1 Å². The van der Waals surface area contributed by atoms with Crippen LogP contribution in [0.4, 0.5) is 5.69 Å². The molecule has 0 fully saturated rings. The number of carbonyl (C=O) groups excluding carboxylic acids is 1. The van der Waals surface area contributed by atoms with Crippen LogP contribution in [0.25, 0.3) is 0 Å². The molecular weight excluding hydrogens is 320 g/mol. The number of nitrogens with zero attached hydrogens (tertiary/aromatic N) is 1. The monoisotopic (exact) mass is 340 g/mol. The Kier molecular flexibility index (Phi) is 6.66. The summed E-state index contributed by atoms with van der Waals surface area (Å²) in [4.78, 5) is 33.7. The van der Waals surface area contributed by atoms with E-state index in [4.69, 9.17) is 14.6 Å². The summed E-state index contributed by atoms with van der Waals surface area (Å²) in [5.74, 6) is -1.68. The Hall–Kier alpha value is -2.68. The van der Waals surface area contributed by atoms with Gasteiger partial charge in [0.15, 0.2) is 5.75 Å². The highest BCUT2D eigenvalue weighted by Gasteiger charge is 2.30. The number of hydrogen-bond donors (Lipinski definition) is 2. The van der Waals surface area contributed by atoms with Crippen molar-refractivity contribution in [3.63, 3.8) is 0 Å². The summed E-state index contributed by atoms with van der Waals surface area (Å²) in [6.07, 6.45) is -0.355. The Labute approximate surface area is 138 Å². The van der Waals surface area contributed by atoms with E-state index in [2.05, 4.69) is 5.32 Å². The molecule has 24 heavy (non-hydrogen) atoms. The van der Waals surface area contributed by atoms with Crippen molar-refractivity contribution in [2.45, 2.75) is 25.8 Å². The SMILES string of the molecule is CCOc1ccc(C(=O)NC(C)(COC)CC(=O)O)cc1[N+](=O)[O-]. The van der Waals surface area contributed by atoms with Crippen LogP contribution in [0.5, 0.6) is 5.75 Å². The number of amides is 1. The molecule has 1 aromatic rings. The number of aliphatic carboxylic acids is 1. The van der Waals surface area contributed by atoms with Gasteiger partial charge in [0.25, 0.3) is 5.91 Å². The van der Waals surface area contributed by atoms with Gasteiger partial charge in [-0.15, -0.1) is 0 Å². The van der Waals surface area contributed by atoms with Crippen LogP contribution in [0.3, 0.4) is 0 Å². The zero-order valence-electron chi connectivity index (χ0n) is 13.7. The minimum Gasteiger partial charge on any atom is -0.487 e. The summed E-state index contributed by atoms with van der Waals surface area (Å²) in [5.41, 5.74) is -1.46. The molecule has 0 aliphatic rings. The summed E-state index contributed by atoms with van der Waals surface area (Å²) in [7, 11) is 1.38. The number of carboxylic acids is 1. The number of rotatable bonds is 9. The summed E-state index contributed by atoms with van der Waals surface area (Å²) in [6, 6.07) is 3.80. The molecular formula is C15H20N2O7. The topological polar surface area (TPSA) is 128 Å². The summed E-state index contributed by atoms with van der Waals surface area (Å²) in [6.45, 7) is 3.43. The molecule has 9 nitrogen and oxygen atoms in total. The van der Waals surface area contributed by atoms with E-state index in [0.29, 0.717) is 0 Å². The lowest BCUT2D eigenvalue weighted by Crippen LogP contribution is -2.50. The van der Waals surface area contributed by atoms with Gasteiger partial charge in [0.05, 0.1) is 30.1 Å². The first-order valence-corrected chi connectivity index (χ1v) is 7.17. The lowest BCUT2D eigenvalue weighted by atomic mass is 9.98. The van der Waals surface area contributed by atoms with Gasteiger partial charge in [-0.2, -0.15) is 0 Å². The van der Waals surface area contributed by atoms with Crippen molar-refractivity contribution < 1.29 is 29.1 Å². The van der Waals surface area contributed by atoms with E-state index in [1.54, 1.807) is 6.92 Å². The predicted octanol–water partition coefficient (Wildman–Crippen LogP) is 1.60. The van der Waals surface area contributed by atoms with Gasteiger partial charge in [0.1, 0.15) is 0 Å². The molecule has 0 heterocycles. The Balaban J connectivity index is 3.07. The molecule has 1 atom stereocenters. The van der Waals surface area contributed by atoms with Gasteiger partial charge in [-0.3, -0.25) is 19.7 Å². The molecule has 1 unspecified atom stereocenters. The first-order valence-electron chi connectivity index (χ1n) is 7.17. The molecule has 1 aromatic carbocycles. The molecule has 1 amide bonds. The summed E-state index contributed by atoms with van der Waals surface area (Å²) in [5, 5.41) is 22.6. The predicted molar refractivity (Wildman–Crippen MR) is 84.3 cm³/mol. The third-order valence-corrected chi connectivity index (χ3v) is 3.14. The van der Waals surface area contributed by atoms with Gasteiger partial charge >= 0.3 is 11.7 Å². The van der Waals surface area contributed by atoms with Crippen molar-refractivity contribution in [3.05, 3.63) is 33.9 Å². The molecule has 0 radical (unpaired) electrons. The maximum absolute atomic E-state index is 12.3. The molecule has 0 aromatic heterocycles. The number of benzene rings is 1. The number of nitro benzene ring substituents is 1. The van der Waals surface area contributed by atoms with Crippen molar-refractivity contribution in [2.24, 2.45) is 0 Å². The number of ether oxygens (including phenoxy) is 2. The van der Waals surface area contributed by atoms with Gasteiger partial charge in [-0.25, -0.2) is 0 Å². The van der Waals surface area contributed by atoms with Crippen LogP contribution in [0.2, 0.25) is 0 Å². The van der Waals surface area contributed by atoms with E-state index in [0.717, 1.165) is 6.07 Å². The van der Waals surface area contributed by atoms with Gasteiger partial charge < -0.3 is 19.9 Å². The van der Waals surface area contributed by atoms with Crippen LogP contribution in [0, 0.1) is 10.1 Å². The zero-order chi connectivity index (χ0) is 18.3.